The van der Waals surface area contributed by atoms with Gasteiger partial charge in [0.05, 0.1) is 24.9 Å². The quantitative estimate of drug-likeness (QED) is 0.617. The number of carbonyl (C=O) groups is 1. The molecule has 0 atom stereocenters. The van der Waals surface area contributed by atoms with Crippen LogP contribution in [0.15, 0.2) is 65.0 Å². The molecule has 2 aromatic carbocycles. The van der Waals surface area contributed by atoms with Crippen LogP contribution in [0.1, 0.15) is 5.69 Å². The molecule has 142 valence electrons. The van der Waals surface area contributed by atoms with Gasteiger partial charge in [-0.3, -0.25) is 9.69 Å². The average molecular weight is 410 g/mol. The number of carbonyl (C=O) groups excluding carboxylic acids is 1. The van der Waals surface area contributed by atoms with Gasteiger partial charge >= 0.3 is 0 Å². The molecule has 1 amide bonds. The number of nitrogens with zero attached hydrogens (tertiary/aromatic N) is 3. The second kappa shape index (κ2) is 8.58. The van der Waals surface area contributed by atoms with Crippen LogP contribution in [-0.4, -0.2) is 40.4 Å². The summed E-state index contributed by atoms with van der Waals surface area (Å²) in [7, 11) is 1.63. The van der Waals surface area contributed by atoms with Crippen LogP contribution < -0.4 is 4.74 Å². The van der Waals surface area contributed by atoms with Gasteiger partial charge in [0.1, 0.15) is 10.8 Å². The van der Waals surface area contributed by atoms with Gasteiger partial charge in [0.15, 0.2) is 5.17 Å². The van der Waals surface area contributed by atoms with Crippen LogP contribution >= 0.6 is 23.1 Å². The minimum absolute atomic E-state index is 0.0298. The van der Waals surface area contributed by atoms with Crippen LogP contribution in [0.4, 0.5) is 5.69 Å². The highest BCUT2D eigenvalue weighted by Crippen LogP contribution is 2.26. The average Bonchev–Trinajstić information content (AvgIpc) is 3.39. The lowest BCUT2D eigenvalue weighted by Crippen LogP contribution is -2.33. The molecule has 1 aliphatic heterocycles. The molecule has 1 aliphatic rings. The number of ether oxygens (including phenoxy) is 1. The number of hydrogen-bond acceptors (Lipinski definition) is 6. The summed E-state index contributed by atoms with van der Waals surface area (Å²) < 4.78 is 5.17. The van der Waals surface area contributed by atoms with E-state index in [2.05, 4.69) is 9.98 Å². The van der Waals surface area contributed by atoms with Crippen molar-refractivity contribution in [1.29, 1.82) is 0 Å². The van der Waals surface area contributed by atoms with Gasteiger partial charge in [-0.2, -0.15) is 0 Å². The van der Waals surface area contributed by atoms with Crippen LogP contribution in [0.5, 0.6) is 5.75 Å². The van der Waals surface area contributed by atoms with E-state index >= 15 is 0 Å². The first kappa shape index (κ1) is 18.7. The maximum atomic E-state index is 12.8. The molecular weight excluding hydrogens is 390 g/mol. The first-order valence-corrected chi connectivity index (χ1v) is 10.8. The Labute approximate surface area is 172 Å². The Kier molecular flexibility index (Phi) is 5.73. The maximum absolute atomic E-state index is 12.8. The number of methoxy groups -OCH3 is 1. The van der Waals surface area contributed by atoms with E-state index in [4.69, 9.17) is 4.74 Å². The van der Waals surface area contributed by atoms with Crippen molar-refractivity contribution >= 4 is 39.9 Å². The molecule has 0 saturated carbocycles. The summed E-state index contributed by atoms with van der Waals surface area (Å²) in [6, 6.07) is 17.5. The zero-order chi connectivity index (χ0) is 19.3. The summed E-state index contributed by atoms with van der Waals surface area (Å²) in [4.78, 5) is 23.9. The summed E-state index contributed by atoms with van der Waals surface area (Å²) in [6.07, 6.45) is 0.283. The van der Waals surface area contributed by atoms with Crippen molar-refractivity contribution in [3.8, 4) is 16.3 Å². The summed E-state index contributed by atoms with van der Waals surface area (Å²) >= 11 is 3.17. The Hall–Kier alpha value is -2.64. The molecule has 1 aromatic heterocycles. The van der Waals surface area contributed by atoms with Crippen LogP contribution in [-0.2, 0) is 11.2 Å². The van der Waals surface area contributed by atoms with Gasteiger partial charge in [0.25, 0.3) is 0 Å². The first-order valence-electron chi connectivity index (χ1n) is 8.88. The molecular formula is C21H19N3O2S2. The lowest BCUT2D eigenvalue weighted by molar-refractivity contribution is -0.126. The summed E-state index contributed by atoms with van der Waals surface area (Å²) in [6.45, 7) is 0.675. The molecule has 0 radical (unpaired) electrons. The second-order valence-electron chi connectivity index (χ2n) is 6.17. The number of amidine groups is 1. The van der Waals surface area contributed by atoms with Gasteiger partial charge < -0.3 is 4.74 Å². The molecule has 1 fully saturated rings. The molecule has 0 bridgehead atoms. The van der Waals surface area contributed by atoms with Crippen LogP contribution in [0.25, 0.3) is 10.6 Å². The number of benzene rings is 2. The highest BCUT2D eigenvalue weighted by Gasteiger charge is 2.26. The van der Waals surface area contributed by atoms with E-state index < -0.39 is 0 Å². The van der Waals surface area contributed by atoms with E-state index in [-0.39, 0.29) is 12.3 Å². The Morgan fingerprint density at radius 1 is 1.18 bits per heavy atom. The second-order valence-corrected chi connectivity index (χ2v) is 8.09. The van der Waals surface area contributed by atoms with E-state index in [0.29, 0.717) is 6.54 Å². The van der Waals surface area contributed by atoms with Gasteiger partial charge in [0.2, 0.25) is 5.91 Å². The molecule has 0 unspecified atom stereocenters. The lowest BCUT2D eigenvalue weighted by Gasteiger charge is -2.15. The fourth-order valence-electron chi connectivity index (χ4n) is 2.84. The van der Waals surface area contributed by atoms with Crippen LogP contribution in [0, 0.1) is 0 Å². The normalized spacial score (nSPS) is 15.2. The van der Waals surface area contributed by atoms with Gasteiger partial charge in [-0.1, -0.05) is 42.1 Å². The van der Waals surface area contributed by atoms with Crippen molar-refractivity contribution in [1.82, 2.24) is 9.88 Å². The van der Waals surface area contributed by atoms with E-state index in [1.807, 2.05) is 60.0 Å². The highest BCUT2D eigenvalue weighted by molar-refractivity contribution is 8.14. The zero-order valence-electron chi connectivity index (χ0n) is 15.4. The van der Waals surface area contributed by atoms with E-state index in [0.717, 1.165) is 38.6 Å². The Morgan fingerprint density at radius 2 is 1.96 bits per heavy atom. The first-order chi connectivity index (χ1) is 13.7. The smallest absolute Gasteiger partial charge is 0.234 e. The number of rotatable bonds is 5. The number of aromatic nitrogens is 1. The van der Waals surface area contributed by atoms with Crippen LogP contribution in [0.2, 0.25) is 0 Å². The van der Waals surface area contributed by atoms with Crippen LogP contribution in [0.3, 0.4) is 0 Å². The van der Waals surface area contributed by atoms with Crippen molar-refractivity contribution in [3.63, 3.8) is 0 Å². The van der Waals surface area contributed by atoms with E-state index in [1.165, 1.54) is 0 Å². The lowest BCUT2D eigenvalue weighted by atomic mass is 10.2. The number of thiazole rings is 1. The van der Waals surface area contributed by atoms with Gasteiger partial charge in [-0.25, -0.2) is 9.98 Å². The Balaban J connectivity index is 1.46. The van der Waals surface area contributed by atoms with E-state index in [9.17, 15) is 4.79 Å². The fraction of sp³-hybridized carbons (Fsp3) is 0.190. The number of hydrogen-bond donors (Lipinski definition) is 0. The molecule has 7 heteroatoms. The van der Waals surface area contributed by atoms with Crippen molar-refractivity contribution in [3.05, 3.63) is 65.7 Å². The SMILES string of the molecule is COc1ccc(N=C2SCCN2C(=O)Cc2csc(-c3ccccc3)n2)cc1. The molecule has 5 nitrogen and oxygen atoms in total. The molecule has 4 rings (SSSR count). The third-order valence-corrected chi connectivity index (χ3v) is 6.18. The minimum Gasteiger partial charge on any atom is -0.497 e. The predicted molar refractivity (Wildman–Crippen MR) is 116 cm³/mol. The summed E-state index contributed by atoms with van der Waals surface area (Å²) in [5.41, 5.74) is 2.68. The number of amides is 1. The molecule has 2 heterocycles. The number of thioether (sulfide) groups is 1. The van der Waals surface area contributed by atoms with Crippen molar-refractivity contribution in [2.75, 3.05) is 19.4 Å². The largest absolute Gasteiger partial charge is 0.497 e. The molecule has 0 N–H and O–H groups in total. The van der Waals surface area contributed by atoms with Crippen molar-refractivity contribution in [2.45, 2.75) is 6.42 Å². The Bertz CT molecular complexity index is 984. The third-order valence-electron chi connectivity index (χ3n) is 4.28. The summed E-state index contributed by atoms with van der Waals surface area (Å²) in [5, 5.41) is 3.64. The maximum Gasteiger partial charge on any atom is 0.234 e. The number of aliphatic imine (C=N–C) groups is 1. The van der Waals surface area contributed by atoms with Gasteiger partial charge in [-0.05, 0) is 24.3 Å². The molecule has 1 saturated heterocycles. The van der Waals surface area contributed by atoms with E-state index in [1.54, 1.807) is 35.1 Å². The van der Waals surface area contributed by atoms with Crippen molar-refractivity contribution in [2.24, 2.45) is 4.99 Å². The molecule has 28 heavy (non-hydrogen) atoms. The predicted octanol–water partition coefficient (Wildman–Crippen LogP) is 4.62. The van der Waals surface area contributed by atoms with Crippen molar-refractivity contribution < 1.29 is 9.53 Å². The fourth-order valence-corrected chi connectivity index (χ4v) is 4.65. The molecule has 0 spiro atoms. The molecule has 0 aliphatic carbocycles. The topological polar surface area (TPSA) is 54.8 Å². The molecule has 3 aromatic rings. The standard InChI is InChI=1S/C21H19N3O2S2/c1-26-18-9-7-16(8-10-18)23-21-24(11-12-27-21)19(25)13-17-14-28-20(22-17)15-5-3-2-4-6-15/h2-10,14H,11-13H2,1H3. The highest BCUT2D eigenvalue weighted by atomic mass is 32.2. The Morgan fingerprint density at radius 3 is 2.71 bits per heavy atom. The van der Waals surface area contributed by atoms with Gasteiger partial charge in [-0.15, -0.1) is 11.3 Å². The van der Waals surface area contributed by atoms with Gasteiger partial charge in [0, 0.05) is 23.2 Å². The monoisotopic (exact) mass is 409 g/mol. The minimum atomic E-state index is 0.0298. The third kappa shape index (κ3) is 4.26. The summed E-state index contributed by atoms with van der Waals surface area (Å²) in [5.74, 6) is 1.67. The zero-order valence-corrected chi connectivity index (χ0v) is 17.0.